The lowest BCUT2D eigenvalue weighted by molar-refractivity contribution is 0.0176. The van der Waals surface area contributed by atoms with Gasteiger partial charge in [-0.15, -0.1) is 11.3 Å². The molecule has 0 spiro atoms. The van der Waals surface area contributed by atoms with Crippen LogP contribution in [0.25, 0.3) is 0 Å². The van der Waals surface area contributed by atoms with Crippen LogP contribution in [0.4, 0.5) is 13.2 Å². The second-order valence-electron chi connectivity index (χ2n) is 6.98. The maximum Gasteiger partial charge on any atom is 0.283 e. The number of rotatable bonds is 5. The number of benzene rings is 1. The van der Waals surface area contributed by atoms with E-state index < -0.39 is 29.8 Å². The van der Waals surface area contributed by atoms with E-state index in [2.05, 4.69) is 4.99 Å². The number of alkyl halides is 2. The molecule has 0 bridgehead atoms. The summed E-state index contributed by atoms with van der Waals surface area (Å²) in [5.41, 5.74) is 4.70. The third-order valence-corrected chi connectivity index (χ3v) is 6.12. The molecule has 4 nitrogen and oxygen atoms in total. The fourth-order valence-electron chi connectivity index (χ4n) is 3.64. The number of ether oxygens (including phenoxy) is 1. The van der Waals surface area contributed by atoms with Crippen molar-refractivity contribution in [3.8, 4) is 0 Å². The van der Waals surface area contributed by atoms with E-state index >= 15 is 0 Å². The van der Waals surface area contributed by atoms with Crippen LogP contribution in [-0.4, -0.2) is 24.3 Å². The highest BCUT2D eigenvalue weighted by Gasteiger charge is 2.64. The van der Waals surface area contributed by atoms with E-state index in [0.29, 0.717) is 16.9 Å². The summed E-state index contributed by atoms with van der Waals surface area (Å²) in [7, 11) is 0. The Morgan fingerprint density at radius 2 is 2.22 bits per heavy atom. The summed E-state index contributed by atoms with van der Waals surface area (Å²) in [6.45, 7) is 1.88. The number of hydrogen-bond donors (Lipinski definition) is 1. The summed E-state index contributed by atoms with van der Waals surface area (Å²) in [6, 6.07) is 5.28. The number of carbonyl (C=O) groups excluding carboxylic acids is 1. The van der Waals surface area contributed by atoms with Gasteiger partial charge >= 0.3 is 0 Å². The number of thiophene rings is 1. The predicted octanol–water partition coefficient (Wildman–Crippen LogP) is 3.81. The lowest BCUT2D eigenvalue weighted by Gasteiger charge is -2.33. The van der Waals surface area contributed by atoms with Crippen molar-refractivity contribution >= 4 is 23.1 Å². The van der Waals surface area contributed by atoms with Gasteiger partial charge in [-0.1, -0.05) is 6.07 Å². The number of ketones is 1. The van der Waals surface area contributed by atoms with Crippen LogP contribution >= 0.6 is 11.3 Å². The molecule has 1 fully saturated rings. The number of Topliss-reactive ketones (excluding diaryl/α,β-unsaturated/α-hetero) is 1. The van der Waals surface area contributed by atoms with E-state index in [0.717, 1.165) is 11.6 Å². The fourth-order valence-corrected chi connectivity index (χ4v) is 4.48. The van der Waals surface area contributed by atoms with Crippen molar-refractivity contribution in [2.45, 2.75) is 37.8 Å². The van der Waals surface area contributed by atoms with Gasteiger partial charge in [-0.3, -0.25) is 4.79 Å². The summed E-state index contributed by atoms with van der Waals surface area (Å²) in [6.07, 6.45) is -3.09. The van der Waals surface area contributed by atoms with Gasteiger partial charge in [-0.25, -0.2) is 18.2 Å². The van der Waals surface area contributed by atoms with Crippen molar-refractivity contribution in [3.63, 3.8) is 0 Å². The van der Waals surface area contributed by atoms with Crippen LogP contribution in [0, 0.1) is 18.7 Å². The predicted molar refractivity (Wildman–Crippen MR) is 95.8 cm³/mol. The highest BCUT2D eigenvalue weighted by atomic mass is 32.1. The molecule has 1 aromatic carbocycles. The molecule has 4 rings (SSSR count). The molecular weight excluding hydrogens is 377 g/mol. The fraction of sp³-hybridized carbons (Fsp3) is 0.368. The quantitative estimate of drug-likeness (QED) is 0.785. The molecule has 2 aromatic rings. The van der Waals surface area contributed by atoms with Gasteiger partial charge in [0.05, 0.1) is 4.88 Å². The van der Waals surface area contributed by atoms with Gasteiger partial charge in [-0.05, 0) is 48.1 Å². The molecule has 0 unspecified atom stereocenters. The zero-order valence-electron chi connectivity index (χ0n) is 14.4. The number of amidine groups is 1. The Balaban J connectivity index is 1.72. The topological polar surface area (TPSA) is 64.7 Å². The number of aryl methyl sites for hydroxylation is 1. The van der Waals surface area contributed by atoms with Gasteiger partial charge in [0.25, 0.3) is 12.4 Å². The minimum absolute atomic E-state index is 0.00363. The van der Waals surface area contributed by atoms with E-state index in [1.54, 1.807) is 6.07 Å². The molecule has 1 aliphatic heterocycles. The zero-order chi connectivity index (χ0) is 19.3. The number of hydrogen-bond acceptors (Lipinski definition) is 5. The van der Waals surface area contributed by atoms with Crippen LogP contribution in [-0.2, 0) is 16.7 Å². The molecule has 0 saturated heterocycles. The van der Waals surface area contributed by atoms with Crippen molar-refractivity contribution in [1.29, 1.82) is 0 Å². The van der Waals surface area contributed by atoms with Crippen LogP contribution in [0.3, 0.4) is 0 Å². The highest BCUT2D eigenvalue weighted by molar-refractivity contribution is 7.12. The molecule has 2 N–H and O–H groups in total. The Kier molecular flexibility index (Phi) is 4.25. The number of nitrogens with zero attached hydrogens (tertiary/aromatic N) is 1. The SMILES string of the molecule is Cc1csc(C(=O)Cc2ccc(F)c([C@@]3(C(F)F)N=C(N)O[C@@H]4C[C@@H]43)c2)c1. The number of aliphatic imine (C=N–C) groups is 1. The summed E-state index contributed by atoms with van der Waals surface area (Å²) in [4.78, 5) is 16.9. The van der Waals surface area contributed by atoms with Crippen molar-refractivity contribution in [1.82, 2.24) is 0 Å². The van der Waals surface area contributed by atoms with Crippen molar-refractivity contribution in [2.24, 2.45) is 16.6 Å². The molecule has 2 heterocycles. The molecule has 0 radical (unpaired) electrons. The number of nitrogens with two attached hydrogens (primary N) is 1. The van der Waals surface area contributed by atoms with Gasteiger partial charge in [-0.2, -0.15) is 0 Å². The molecular formula is C19H17F3N2O2S. The average molecular weight is 394 g/mol. The Morgan fingerprint density at radius 3 is 2.89 bits per heavy atom. The number of carbonyl (C=O) groups is 1. The van der Waals surface area contributed by atoms with Crippen LogP contribution in [0.1, 0.15) is 32.8 Å². The number of halogens is 3. The maximum atomic E-state index is 14.6. The summed E-state index contributed by atoms with van der Waals surface area (Å²) in [5, 5.41) is 1.86. The lowest BCUT2D eigenvalue weighted by atomic mass is 9.83. The Labute approximate surface area is 157 Å². The molecule has 3 atom stereocenters. The Hall–Kier alpha value is -2.35. The summed E-state index contributed by atoms with van der Waals surface area (Å²) < 4.78 is 48.0. The van der Waals surface area contributed by atoms with Crippen molar-refractivity contribution in [2.75, 3.05) is 0 Å². The normalized spacial score (nSPS) is 26.3. The first-order valence-electron chi connectivity index (χ1n) is 8.48. The monoisotopic (exact) mass is 394 g/mol. The lowest BCUT2D eigenvalue weighted by Crippen LogP contribution is -2.43. The molecule has 8 heteroatoms. The first-order chi connectivity index (χ1) is 12.8. The van der Waals surface area contributed by atoms with Crippen molar-refractivity contribution < 1.29 is 22.7 Å². The van der Waals surface area contributed by atoms with Crippen LogP contribution in [0.2, 0.25) is 0 Å². The maximum absolute atomic E-state index is 14.6. The van der Waals surface area contributed by atoms with Crippen LogP contribution < -0.4 is 5.73 Å². The van der Waals surface area contributed by atoms with Gasteiger partial charge in [0.2, 0.25) is 0 Å². The summed E-state index contributed by atoms with van der Waals surface area (Å²) >= 11 is 1.33. The molecule has 142 valence electrons. The van der Waals surface area contributed by atoms with E-state index in [1.807, 2.05) is 12.3 Å². The second kappa shape index (κ2) is 6.37. The molecule has 1 saturated carbocycles. The third kappa shape index (κ3) is 3.01. The standard InChI is InChI=1S/C19H17F3N2O2S/c1-9-4-16(27-8-9)14(25)6-10-2-3-13(20)11(5-10)19(17(21)22)12-7-15(12)26-18(23)24-19/h2-5,8,12,15,17H,6-7H2,1H3,(H2,23,24)/t12-,15+,19+/m0/s1. The van der Waals surface area contributed by atoms with Gasteiger partial charge < -0.3 is 10.5 Å². The van der Waals surface area contributed by atoms with E-state index in [-0.39, 0.29) is 23.8 Å². The van der Waals surface area contributed by atoms with Crippen LogP contribution in [0.15, 0.2) is 34.6 Å². The Morgan fingerprint density at radius 1 is 1.44 bits per heavy atom. The van der Waals surface area contributed by atoms with Crippen molar-refractivity contribution in [3.05, 3.63) is 57.0 Å². The Bertz CT molecular complexity index is 943. The molecule has 2 aliphatic rings. The molecule has 27 heavy (non-hydrogen) atoms. The summed E-state index contributed by atoms with van der Waals surface area (Å²) in [5.74, 6) is -1.57. The first-order valence-corrected chi connectivity index (χ1v) is 9.36. The van der Waals surface area contributed by atoms with Gasteiger partial charge in [0.1, 0.15) is 11.9 Å². The minimum Gasteiger partial charge on any atom is -0.462 e. The van der Waals surface area contributed by atoms with E-state index in [9.17, 15) is 18.0 Å². The first kappa shape index (κ1) is 18.0. The van der Waals surface area contributed by atoms with Crippen LogP contribution in [0.5, 0.6) is 0 Å². The average Bonchev–Trinajstić information content (AvgIpc) is 3.26. The van der Waals surface area contributed by atoms with E-state index in [1.165, 1.54) is 23.5 Å². The van der Waals surface area contributed by atoms with Gasteiger partial charge in [0, 0.05) is 17.9 Å². The second-order valence-corrected chi connectivity index (χ2v) is 7.89. The number of fused-ring (bicyclic) bond motifs is 1. The van der Waals surface area contributed by atoms with E-state index in [4.69, 9.17) is 10.5 Å². The molecule has 1 aromatic heterocycles. The largest absolute Gasteiger partial charge is 0.462 e. The smallest absolute Gasteiger partial charge is 0.283 e. The zero-order valence-corrected chi connectivity index (χ0v) is 15.2. The molecule has 1 aliphatic carbocycles. The third-order valence-electron chi connectivity index (χ3n) is 5.03. The van der Waals surface area contributed by atoms with Gasteiger partial charge in [0.15, 0.2) is 11.3 Å². The minimum atomic E-state index is -2.95. The molecule has 0 amide bonds. The highest BCUT2D eigenvalue weighted by Crippen LogP contribution is 2.56.